The van der Waals surface area contributed by atoms with E-state index >= 15 is 0 Å². The minimum absolute atomic E-state index is 0.0564. The van der Waals surface area contributed by atoms with Crippen LogP contribution in [-0.2, 0) is 14.4 Å². The van der Waals surface area contributed by atoms with E-state index in [-0.39, 0.29) is 42.3 Å². The number of carbonyl (C=O) groups excluding carboxylic acids is 3. The second-order valence-electron chi connectivity index (χ2n) is 9.52. The summed E-state index contributed by atoms with van der Waals surface area (Å²) in [5.74, 6) is -0.0126. The zero-order valence-corrected chi connectivity index (χ0v) is 19.0. The molecule has 0 aromatic rings. The van der Waals surface area contributed by atoms with Crippen molar-refractivity contribution in [3.63, 3.8) is 0 Å². The predicted molar refractivity (Wildman–Crippen MR) is 112 cm³/mol. The van der Waals surface area contributed by atoms with Gasteiger partial charge >= 0.3 is 0 Å². The van der Waals surface area contributed by atoms with E-state index in [2.05, 4.69) is 19.2 Å². The van der Waals surface area contributed by atoms with Crippen LogP contribution in [0.4, 0.5) is 0 Å². The highest BCUT2D eigenvalue weighted by Gasteiger charge is 2.33. The molecule has 0 heterocycles. The zero-order valence-electron chi connectivity index (χ0n) is 19.0. The Morgan fingerprint density at radius 1 is 0.889 bits per heavy atom. The summed E-state index contributed by atoms with van der Waals surface area (Å²) in [6.45, 7) is 18.4. The maximum Gasteiger partial charge on any atom is 0.152 e. The fraction of sp³-hybridized carbons (Fsp3) is 0.864. The van der Waals surface area contributed by atoms with E-state index in [1.165, 1.54) is 0 Å². The Kier molecular flexibility index (Phi) is 11.2. The van der Waals surface area contributed by atoms with E-state index < -0.39 is 11.5 Å². The lowest BCUT2D eigenvalue weighted by Crippen LogP contribution is -2.50. The Labute approximate surface area is 166 Å². The monoisotopic (exact) mass is 382 g/mol. The third-order valence-electron chi connectivity index (χ3n) is 4.73. The topological polar surface area (TPSA) is 66.5 Å². The third kappa shape index (κ3) is 10.2. The molecule has 0 saturated carbocycles. The quantitative estimate of drug-likeness (QED) is 0.494. The van der Waals surface area contributed by atoms with Crippen molar-refractivity contribution in [2.75, 3.05) is 19.6 Å². The molecule has 1 atom stereocenters. The molecular weight excluding hydrogens is 340 g/mol. The molecule has 158 valence electrons. The molecular formula is C22H42N2O3. The molecule has 1 unspecified atom stereocenters. The van der Waals surface area contributed by atoms with Gasteiger partial charge in [0.2, 0.25) is 0 Å². The molecule has 5 heteroatoms. The summed E-state index contributed by atoms with van der Waals surface area (Å²) in [7, 11) is 0. The first-order valence-electron chi connectivity index (χ1n) is 10.3. The van der Waals surface area contributed by atoms with Gasteiger partial charge < -0.3 is 5.32 Å². The van der Waals surface area contributed by atoms with Crippen LogP contribution < -0.4 is 5.32 Å². The molecule has 0 radical (unpaired) electrons. The predicted octanol–water partition coefficient (Wildman–Crippen LogP) is 3.50. The Morgan fingerprint density at radius 3 is 1.85 bits per heavy atom. The van der Waals surface area contributed by atoms with Gasteiger partial charge in [-0.25, -0.2) is 0 Å². The third-order valence-corrected chi connectivity index (χ3v) is 4.73. The normalized spacial score (nSPS) is 13.7. The summed E-state index contributed by atoms with van der Waals surface area (Å²) >= 11 is 0. The average molecular weight is 383 g/mol. The summed E-state index contributed by atoms with van der Waals surface area (Å²) in [6.07, 6.45) is 1.48. The lowest BCUT2D eigenvalue weighted by atomic mass is 9.89. The van der Waals surface area contributed by atoms with Crippen molar-refractivity contribution in [1.82, 2.24) is 10.2 Å². The first kappa shape index (κ1) is 25.9. The van der Waals surface area contributed by atoms with Crippen LogP contribution in [0.25, 0.3) is 0 Å². The van der Waals surface area contributed by atoms with Gasteiger partial charge in [-0.2, -0.15) is 0 Å². The van der Waals surface area contributed by atoms with Crippen molar-refractivity contribution in [2.45, 2.75) is 87.2 Å². The van der Waals surface area contributed by atoms with E-state index in [4.69, 9.17) is 0 Å². The molecule has 0 aliphatic rings. The fourth-order valence-corrected chi connectivity index (χ4v) is 2.66. The fourth-order valence-electron chi connectivity index (χ4n) is 2.66. The van der Waals surface area contributed by atoms with Crippen LogP contribution in [0.2, 0.25) is 0 Å². The van der Waals surface area contributed by atoms with E-state index in [0.29, 0.717) is 12.5 Å². The molecule has 0 spiro atoms. The van der Waals surface area contributed by atoms with Gasteiger partial charge in [-0.1, -0.05) is 62.3 Å². The van der Waals surface area contributed by atoms with Gasteiger partial charge in [0, 0.05) is 23.3 Å². The van der Waals surface area contributed by atoms with E-state index in [0.717, 1.165) is 13.0 Å². The molecule has 0 aliphatic carbocycles. The Hall–Kier alpha value is -1.07. The van der Waals surface area contributed by atoms with Gasteiger partial charge in [0.15, 0.2) is 11.6 Å². The van der Waals surface area contributed by atoms with Crippen LogP contribution in [0, 0.1) is 17.3 Å². The number of rotatable bonds is 13. The highest BCUT2D eigenvalue weighted by Crippen LogP contribution is 2.20. The first-order valence-corrected chi connectivity index (χ1v) is 10.3. The Balaban J connectivity index is 5.47. The lowest BCUT2D eigenvalue weighted by molar-refractivity contribution is -0.134. The summed E-state index contributed by atoms with van der Waals surface area (Å²) < 4.78 is 0. The van der Waals surface area contributed by atoms with E-state index in [1.807, 2.05) is 53.4 Å². The van der Waals surface area contributed by atoms with Gasteiger partial charge in [-0.05, 0) is 19.4 Å². The number of carbonyl (C=O) groups is 3. The van der Waals surface area contributed by atoms with Crippen molar-refractivity contribution < 1.29 is 14.4 Å². The molecule has 0 fully saturated rings. The molecule has 5 nitrogen and oxygen atoms in total. The zero-order chi connectivity index (χ0) is 21.4. The van der Waals surface area contributed by atoms with Gasteiger partial charge in [0.1, 0.15) is 5.78 Å². The Bertz CT molecular complexity index is 490. The first-order chi connectivity index (χ1) is 12.3. The smallest absolute Gasteiger partial charge is 0.152 e. The lowest BCUT2D eigenvalue weighted by Gasteiger charge is -2.33. The molecule has 0 rings (SSSR count). The van der Waals surface area contributed by atoms with Crippen LogP contribution >= 0.6 is 0 Å². The number of ketones is 3. The molecule has 0 aliphatic heterocycles. The second-order valence-corrected chi connectivity index (χ2v) is 9.52. The maximum absolute atomic E-state index is 12.9. The van der Waals surface area contributed by atoms with Gasteiger partial charge in [-0.3, -0.25) is 19.3 Å². The highest BCUT2D eigenvalue weighted by molar-refractivity contribution is 5.90. The van der Waals surface area contributed by atoms with Crippen molar-refractivity contribution in [2.24, 2.45) is 17.3 Å². The van der Waals surface area contributed by atoms with Crippen molar-refractivity contribution >= 4 is 17.3 Å². The molecule has 0 amide bonds. The number of nitrogens with one attached hydrogen (secondary N) is 1. The van der Waals surface area contributed by atoms with Crippen molar-refractivity contribution in [1.29, 1.82) is 0 Å². The van der Waals surface area contributed by atoms with E-state index in [1.54, 1.807) is 0 Å². The number of hydrogen-bond acceptors (Lipinski definition) is 5. The van der Waals surface area contributed by atoms with Crippen LogP contribution in [0.1, 0.15) is 75.2 Å². The summed E-state index contributed by atoms with van der Waals surface area (Å²) in [4.78, 5) is 39.8. The maximum atomic E-state index is 12.9. The number of nitrogens with zero attached hydrogens (tertiary/aromatic N) is 1. The average Bonchev–Trinajstić information content (AvgIpc) is 2.52. The largest absolute Gasteiger partial charge is 0.315 e. The van der Waals surface area contributed by atoms with Crippen LogP contribution in [0.5, 0.6) is 0 Å². The SMILES string of the molecule is CC(C)NCCCC(C(=O)C(C)C)N(CC(=O)C(C)C)CC(=O)C(C)(C)C. The van der Waals surface area contributed by atoms with Crippen molar-refractivity contribution in [3.8, 4) is 0 Å². The van der Waals surface area contributed by atoms with Crippen molar-refractivity contribution in [3.05, 3.63) is 0 Å². The van der Waals surface area contributed by atoms with Gasteiger partial charge in [0.25, 0.3) is 0 Å². The second kappa shape index (κ2) is 11.7. The molecule has 0 bridgehead atoms. The van der Waals surface area contributed by atoms with E-state index in [9.17, 15) is 14.4 Å². The van der Waals surface area contributed by atoms with Crippen LogP contribution in [-0.4, -0.2) is 54.0 Å². The highest BCUT2D eigenvalue weighted by atomic mass is 16.1. The molecule has 0 saturated heterocycles. The summed E-state index contributed by atoms with van der Waals surface area (Å²) in [5.41, 5.74) is -0.496. The molecule has 1 N–H and O–H groups in total. The minimum Gasteiger partial charge on any atom is -0.315 e. The minimum atomic E-state index is -0.496. The molecule has 27 heavy (non-hydrogen) atoms. The van der Waals surface area contributed by atoms with Gasteiger partial charge in [0.05, 0.1) is 19.1 Å². The number of hydrogen-bond donors (Lipinski definition) is 1. The van der Waals surface area contributed by atoms with Crippen LogP contribution in [0.3, 0.4) is 0 Å². The number of Topliss-reactive ketones (excluding diaryl/α,β-unsaturated/α-hetero) is 3. The molecule has 0 aromatic carbocycles. The van der Waals surface area contributed by atoms with Gasteiger partial charge in [-0.15, -0.1) is 0 Å². The standard InChI is InChI=1S/C22H42N2O3/c1-15(2)19(25)13-24(14-20(26)22(7,8)9)18(21(27)16(3)4)11-10-12-23-17(5)6/h15-18,23H,10-14H2,1-9H3. The summed E-state index contributed by atoms with van der Waals surface area (Å²) in [6, 6.07) is -0.00157. The molecule has 0 aromatic heterocycles. The van der Waals surface area contributed by atoms with Crippen LogP contribution in [0.15, 0.2) is 0 Å². The summed E-state index contributed by atoms with van der Waals surface area (Å²) in [5, 5.41) is 3.37. The Morgan fingerprint density at radius 2 is 1.44 bits per heavy atom.